The molecule has 102 valence electrons. The van der Waals surface area contributed by atoms with Crippen molar-refractivity contribution in [3.63, 3.8) is 0 Å². The zero-order valence-electron chi connectivity index (χ0n) is 11.1. The first kappa shape index (κ1) is 13.6. The summed E-state index contributed by atoms with van der Waals surface area (Å²) in [5.41, 5.74) is 2.38. The first-order valence-electron chi connectivity index (χ1n) is 6.66. The van der Waals surface area contributed by atoms with E-state index in [2.05, 4.69) is 16.4 Å². The van der Waals surface area contributed by atoms with Crippen LogP contribution in [0, 0.1) is 0 Å². The Labute approximate surface area is 112 Å². The number of hydrogen-bond acceptors (Lipinski definition) is 2. The molecule has 1 aromatic heterocycles. The van der Waals surface area contributed by atoms with Crippen molar-refractivity contribution in [1.82, 2.24) is 10.3 Å². The lowest BCUT2D eigenvalue weighted by Crippen LogP contribution is -2.30. The van der Waals surface area contributed by atoms with E-state index in [1.54, 1.807) is 6.92 Å². The summed E-state index contributed by atoms with van der Waals surface area (Å²) in [4.78, 5) is 14.7. The molecule has 2 rings (SSSR count). The highest BCUT2D eigenvalue weighted by Gasteiger charge is 2.06. The Balaban J connectivity index is 1.81. The average Bonchev–Trinajstić information content (AvgIpc) is 2.80. The standard InChI is InChI=1S/C15H20N2O2/c1-11(18)9-17-15(19)8-4-5-12-10-16-14-7-3-2-6-13(12)14/h2-3,6-7,10-11,16,18H,4-5,8-9H2,1H3,(H,17,19)/t11-/m0/s1. The van der Waals surface area contributed by atoms with E-state index in [1.807, 2.05) is 24.4 Å². The highest BCUT2D eigenvalue weighted by Crippen LogP contribution is 2.19. The molecule has 2 aromatic rings. The molecule has 0 radical (unpaired) electrons. The van der Waals surface area contributed by atoms with Crippen molar-refractivity contribution in [2.45, 2.75) is 32.3 Å². The van der Waals surface area contributed by atoms with Crippen molar-refractivity contribution in [3.8, 4) is 0 Å². The van der Waals surface area contributed by atoms with Crippen molar-refractivity contribution in [1.29, 1.82) is 0 Å². The number of rotatable bonds is 6. The number of benzene rings is 1. The second kappa shape index (κ2) is 6.38. The van der Waals surface area contributed by atoms with Crippen LogP contribution in [0.3, 0.4) is 0 Å². The average molecular weight is 260 g/mol. The smallest absolute Gasteiger partial charge is 0.220 e. The normalized spacial score (nSPS) is 12.5. The summed E-state index contributed by atoms with van der Waals surface area (Å²) in [7, 11) is 0. The number of hydrogen-bond donors (Lipinski definition) is 3. The summed E-state index contributed by atoms with van der Waals surface area (Å²) in [5.74, 6) is 0.000686. The maximum Gasteiger partial charge on any atom is 0.220 e. The number of amides is 1. The molecule has 3 N–H and O–H groups in total. The van der Waals surface area contributed by atoms with Crippen LogP contribution >= 0.6 is 0 Å². The molecule has 0 unspecified atom stereocenters. The van der Waals surface area contributed by atoms with E-state index in [0.717, 1.165) is 18.4 Å². The molecule has 0 aliphatic rings. The number of para-hydroxylation sites is 1. The number of carbonyl (C=O) groups excluding carboxylic acids is 1. The van der Waals surface area contributed by atoms with Crippen LogP contribution in [-0.4, -0.2) is 28.6 Å². The molecule has 1 aromatic carbocycles. The van der Waals surface area contributed by atoms with Gasteiger partial charge in [0, 0.05) is 30.1 Å². The van der Waals surface area contributed by atoms with Gasteiger partial charge in [-0.2, -0.15) is 0 Å². The Morgan fingerprint density at radius 1 is 1.42 bits per heavy atom. The maximum absolute atomic E-state index is 11.5. The highest BCUT2D eigenvalue weighted by atomic mass is 16.3. The van der Waals surface area contributed by atoms with Crippen molar-refractivity contribution in [2.24, 2.45) is 0 Å². The van der Waals surface area contributed by atoms with E-state index in [4.69, 9.17) is 5.11 Å². The monoisotopic (exact) mass is 260 g/mol. The third kappa shape index (κ3) is 3.83. The van der Waals surface area contributed by atoms with E-state index in [1.165, 1.54) is 10.9 Å². The first-order chi connectivity index (χ1) is 9.16. The van der Waals surface area contributed by atoms with Crippen LogP contribution in [0.25, 0.3) is 10.9 Å². The van der Waals surface area contributed by atoms with Gasteiger partial charge in [0.1, 0.15) is 0 Å². The molecule has 1 heterocycles. The van der Waals surface area contributed by atoms with Gasteiger partial charge in [0.15, 0.2) is 0 Å². The Kier molecular flexibility index (Phi) is 4.58. The predicted molar refractivity (Wildman–Crippen MR) is 75.9 cm³/mol. The number of aliphatic hydroxyl groups excluding tert-OH is 1. The van der Waals surface area contributed by atoms with E-state index < -0.39 is 6.10 Å². The molecule has 0 spiro atoms. The Hall–Kier alpha value is -1.81. The third-order valence-electron chi connectivity index (χ3n) is 3.12. The summed E-state index contributed by atoms with van der Waals surface area (Å²) in [6, 6.07) is 8.17. The Morgan fingerprint density at radius 3 is 3.00 bits per heavy atom. The van der Waals surface area contributed by atoms with E-state index in [-0.39, 0.29) is 5.91 Å². The predicted octanol–water partition coefficient (Wildman–Crippen LogP) is 1.99. The number of aromatic nitrogens is 1. The van der Waals surface area contributed by atoms with Gasteiger partial charge in [0.25, 0.3) is 0 Å². The van der Waals surface area contributed by atoms with Gasteiger partial charge in [-0.15, -0.1) is 0 Å². The van der Waals surface area contributed by atoms with Crippen LogP contribution in [0.5, 0.6) is 0 Å². The topological polar surface area (TPSA) is 65.1 Å². The minimum Gasteiger partial charge on any atom is -0.392 e. The van der Waals surface area contributed by atoms with Crippen molar-refractivity contribution in [2.75, 3.05) is 6.54 Å². The maximum atomic E-state index is 11.5. The van der Waals surface area contributed by atoms with Gasteiger partial charge < -0.3 is 15.4 Å². The lowest BCUT2D eigenvalue weighted by atomic mass is 10.1. The first-order valence-corrected chi connectivity index (χ1v) is 6.66. The summed E-state index contributed by atoms with van der Waals surface area (Å²) in [6.07, 6.45) is 3.71. The second-order valence-corrected chi connectivity index (χ2v) is 4.87. The SMILES string of the molecule is C[C@H](O)CNC(=O)CCCc1c[nH]c2ccccc12. The van der Waals surface area contributed by atoms with Crippen molar-refractivity contribution >= 4 is 16.8 Å². The second-order valence-electron chi connectivity index (χ2n) is 4.87. The summed E-state index contributed by atoms with van der Waals surface area (Å²) in [6.45, 7) is 1.98. The molecule has 1 atom stereocenters. The molecular weight excluding hydrogens is 240 g/mol. The highest BCUT2D eigenvalue weighted by molar-refractivity contribution is 5.83. The van der Waals surface area contributed by atoms with Gasteiger partial charge >= 0.3 is 0 Å². The number of fused-ring (bicyclic) bond motifs is 1. The molecular formula is C15H20N2O2. The molecule has 0 fully saturated rings. The quantitative estimate of drug-likeness (QED) is 0.743. The lowest BCUT2D eigenvalue weighted by molar-refractivity contribution is -0.121. The van der Waals surface area contributed by atoms with Crippen LogP contribution < -0.4 is 5.32 Å². The Morgan fingerprint density at radius 2 is 2.21 bits per heavy atom. The summed E-state index contributed by atoms with van der Waals surface area (Å²) < 4.78 is 0. The van der Waals surface area contributed by atoms with Crippen molar-refractivity contribution < 1.29 is 9.90 Å². The fourth-order valence-electron chi connectivity index (χ4n) is 2.13. The van der Waals surface area contributed by atoms with Gasteiger partial charge in [0.2, 0.25) is 5.91 Å². The molecule has 0 aliphatic heterocycles. The summed E-state index contributed by atoms with van der Waals surface area (Å²) in [5, 5.41) is 13.0. The van der Waals surface area contributed by atoms with Gasteiger partial charge in [-0.1, -0.05) is 18.2 Å². The minimum absolute atomic E-state index is 0.000686. The molecule has 4 heteroatoms. The molecule has 0 bridgehead atoms. The van der Waals surface area contributed by atoms with Gasteiger partial charge in [-0.25, -0.2) is 0 Å². The largest absolute Gasteiger partial charge is 0.392 e. The zero-order valence-corrected chi connectivity index (χ0v) is 11.1. The van der Waals surface area contributed by atoms with Gasteiger partial charge in [0.05, 0.1) is 6.10 Å². The minimum atomic E-state index is -0.488. The number of aromatic amines is 1. The third-order valence-corrected chi connectivity index (χ3v) is 3.12. The van der Waals surface area contributed by atoms with E-state index in [9.17, 15) is 4.79 Å². The number of carbonyl (C=O) groups is 1. The lowest BCUT2D eigenvalue weighted by Gasteiger charge is -2.06. The fourth-order valence-corrected chi connectivity index (χ4v) is 2.13. The van der Waals surface area contributed by atoms with Crippen LogP contribution in [0.4, 0.5) is 0 Å². The molecule has 19 heavy (non-hydrogen) atoms. The van der Waals surface area contributed by atoms with Crippen LogP contribution in [0.2, 0.25) is 0 Å². The number of aryl methyl sites for hydroxylation is 1. The molecule has 0 aliphatic carbocycles. The van der Waals surface area contributed by atoms with Gasteiger partial charge in [-0.05, 0) is 31.4 Å². The molecule has 0 saturated heterocycles. The van der Waals surface area contributed by atoms with Crippen LogP contribution in [0.15, 0.2) is 30.5 Å². The van der Waals surface area contributed by atoms with E-state index in [0.29, 0.717) is 13.0 Å². The number of H-pyrrole nitrogens is 1. The van der Waals surface area contributed by atoms with Gasteiger partial charge in [-0.3, -0.25) is 4.79 Å². The van der Waals surface area contributed by atoms with Crippen LogP contribution in [-0.2, 0) is 11.2 Å². The summed E-state index contributed by atoms with van der Waals surface area (Å²) >= 11 is 0. The molecule has 0 saturated carbocycles. The molecule has 4 nitrogen and oxygen atoms in total. The van der Waals surface area contributed by atoms with E-state index >= 15 is 0 Å². The number of aliphatic hydroxyl groups is 1. The molecule has 1 amide bonds. The number of nitrogens with one attached hydrogen (secondary N) is 2. The van der Waals surface area contributed by atoms with Crippen LogP contribution in [0.1, 0.15) is 25.3 Å². The Bertz CT molecular complexity index is 546. The fraction of sp³-hybridized carbons (Fsp3) is 0.400. The van der Waals surface area contributed by atoms with Crippen molar-refractivity contribution in [3.05, 3.63) is 36.0 Å². The zero-order chi connectivity index (χ0) is 13.7.